The van der Waals surface area contributed by atoms with Gasteiger partial charge in [0, 0.05) is 12.6 Å². The van der Waals surface area contributed by atoms with Crippen molar-refractivity contribution in [2.24, 2.45) is 5.92 Å². The second-order valence-corrected chi connectivity index (χ2v) is 6.54. The van der Waals surface area contributed by atoms with Crippen LogP contribution in [0.15, 0.2) is 30.3 Å². The number of likely N-dealkylation sites (N-methyl/N-ethyl adjacent to an activating group) is 1. The van der Waals surface area contributed by atoms with Crippen LogP contribution in [-0.4, -0.2) is 35.2 Å². The lowest BCUT2D eigenvalue weighted by Crippen LogP contribution is -2.48. The molecule has 0 bridgehead atoms. The van der Waals surface area contributed by atoms with E-state index in [-0.39, 0.29) is 6.10 Å². The first kappa shape index (κ1) is 15.5. The lowest BCUT2D eigenvalue weighted by molar-refractivity contribution is 0.0110. The SMILES string of the molecule is CCN(CC(C)C)C1CC(c2ccccc2)CCC1O. The molecule has 0 spiro atoms. The molecular formula is C18H29NO. The molecule has 20 heavy (non-hydrogen) atoms. The van der Waals surface area contributed by atoms with Crippen LogP contribution in [-0.2, 0) is 0 Å². The van der Waals surface area contributed by atoms with Crippen LogP contribution < -0.4 is 0 Å². The largest absolute Gasteiger partial charge is 0.391 e. The van der Waals surface area contributed by atoms with Crippen LogP contribution in [0.2, 0.25) is 0 Å². The average molecular weight is 275 g/mol. The highest BCUT2D eigenvalue weighted by Gasteiger charge is 2.33. The highest BCUT2D eigenvalue weighted by molar-refractivity contribution is 5.20. The van der Waals surface area contributed by atoms with Crippen LogP contribution >= 0.6 is 0 Å². The maximum Gasteiger partial charge on any atom is 0.0695 e. The molecule has 1 N–H and O–H groups in total. The van der Waals surface area contributed by atoms with E-state index < -0.39 is 0 Å². The minimum atomic E-state index is -0.159. The molecule has 112 valence electrons. The Labute approximate surface area is 123 Å². The van der Waals surface area contributed by atoms with Crippen LogP contribution in [0.5, 0.6) is 0 Å². The number of nitrogens with zero attached hydrogens (tertiary/aromatic N) is 1. The molecule has 1 aliphatic rings. The van der Waals surface area contributed by atoms with E-state index >= 15 is 0 Å². The number of aliphatic hydroxyl groups is 1. The lowest BCUT2D eigenvalue weighted by atomic mass is 9.79. The number of rotatable bonds is 5. The first-order valence-electron chi connectivity index (χ1n) is 8.08. The van der Waals surface area contributed by atoms with E-state index in [1.54, 1.807) is 0 Å². The van der Waals surface area contributed by atoms with E-state index in [9.17, 15) is 5.11 Å². The molecule has 0 aromatic heterocycles. The fourth-order valence-corrected chi connectivity index (χ4v) is 3.52. The average Bonchev–Trinajstić information content (AvgIpc) is 2.46. The van der Waals surface area contributed by atoms with Crippen LogP contribution in [0, 0.1) is 5.92 Å². The Morgan fingerprint density at radius 1 is 1.20 bits per heavy atom. The normalized spacial score (nSPS) is 27.2. The van der Waals surface area contributed by atoms with Crippen molar-refractivity contribution in [2.75, 3.05) is 13.1 Å². The smallest absolute Gasteiger partial charge is 0.0695 e. The fourth-order valence-electron chi connectivity index (χ4n) is 3.52. The predicted molar refractivity (Wildman–Crippen MR) is 84.9 cm³/mol. The van der Waals surface area contributed by atoms with E-state index in [1.165, 1.54) is 5.56 Å². The van der Waals surface area contributed by atoms with Gasteiger partial charge >= 0.3 is 0 Å². The highest BCUT2D eigenvalue weighted by Crippen LogP contribution is 2.35. The Bertz CT molecular complexity index is 390. The van der Waals surface area contributed by atoms with Crippen molar-refractivity contribution in [1.82, 2.24) is 4.90 Å². The van der Waals surface area contributed by atoms with Gasteiger partial charge in [-0.25, -0.2) is 0 Å². The first-order valence-corrected chi connectivity index (χ1v) is 8.08. The summed E-state index contributed by atoms with van der Waals surface area (Å²) in [5.41, 5.74) is 1.44. The van der Waals surface area contributed by atoms with Gasteiger partial charge in [-0.2, -0.15) is 0 Å². The van der Waals surface area contributed by atoms with Crippen molar-refractivity contribution < 1.29 is 5.11 Å². The number of hydrogen-bond acceptors (Lipinski definition) is 2. The Balaban J connectivity index is 2.07. The van der Waals surface area contributed by atoms with Crippen molar-refractivity contribution >= 4 is 0 Å². The Kier molecular flexibility index (Phi) is 5.62. The standard InChI is InChI=1S/C18H29NO/c1-4-19(13-14(2)3)17-12-16(10-11-18(17)20)15-8-6-5-7-9-15/h5-9,14,16-18,20H,4,10-13H2,1-3H3. The molecule has 1 saturated carbocycles. The molecule has 1 fully saturated rings. The summed E-state index contributed by atoms with van der Waals surface area (Å²) in [7, 11) is 0. The summed E-state index contributed by atoms with van der Waals surface area (Å²) in [5, 5.41) is 10.4. The number of aliphatic hydroxyl groups excluding tert-OH is 1. The maximum absolute atomic E-state index is 10.4. The molecule has 2 heteroatoms. The van der Waals surface area contributed by atoms with Gasteiger partial charge in [0.25, 0.3) is 0 Å². The molecule has 0 saturated heterocycles. The Morgan fingerprint density at radius 3 is 2.50 bits per heavy atom. The van der Waals surface area contributed by atoms with Crippen LogP contribution in [0.3, 0.4) is 0 Å². The zero-order valence-electron chi connectivity index (χ0n) is 13.1. The van der Waals surface area contributed by atoms with Crippen LogP contribution in [0.25, 0.3) is 0 Å². The molecule has 2 rings (SSSR count). The summed E-state index contributed by atoms with van der Waals surface area (Å²) in [6.07, 6.45) is 2.97. The van der Waals surface area contributed by atoms with Gasteiger partial charge < -0.3 is 5.11 Å². The quantitative estimate of drug-likeness (QED) is 0.886. The molecule has 1 aromatic carbocycles. The van der Waals surface area contributed by atoms with E-state index in [0.29, 0.717) is 17.9 Å². The molecule has 0 aliphatic heterocycles. The monoisotopic (exact) mass is 275 g/mol. The Hall–Kier alpha value is -0.860. The summed E-state index contributed by atoms with van der Waals surface area (Å²) in [4.78, 5) is 2.48. The van der Waals surface area contributed by atoms with Crippen molar-refractivity contribution in [3.8, 4) is 0 Å². The van der Waals surface area contributed by atoms with Gasteiger partial charge in [-0.15, -0.1) is 0 Å². The van der Waals surface area contributed by atoms with Crippen molar-refractivity contribution in [3.63, 3.8) is 0 Å². The topological polar surface area (TPSA) is 23.5 Å². The fraction of sp³-hybridized carbons (Fsp3) is 0.667. The minimum Gasteiger partial charge on any atom is -0.391 e. The van der Waals surface area contributed by atoms with Gasteiger partial charge in [0.05, 0.1) is 6.10 Å². The third-order valence-electron chi connectivity index (χ3n) is 4.53. The van der Waals surface area contributed by atoms with Gasteiger partial charge in [0.1, 0.15) is 0 Å². The Morgan fingerprint density at radius 2 is 1.90 bits per heavy atom. The summed E-state index contributed by atoms with van der Waals surface area (Å²) < 4.78 is 0. The van der Waals surface area contributed by atoms with Crippen molar-refractivity contribution in [1.29, 1.82) is 0 Å². The summed E-state index contributed by atoms with van der Waals surface area (Å²) >= 11 is 0. The molecule has 2 nitrogen and oxygen atoms in total. The van der Waals surface area contributed by atoms with E-state index in [2.05, 4.69) is 56.0 Å². The minimum absolute atomic E-state index is 0.159. The van der Waals surface area contributed by atoms with Gasteiger partial charge in [-0.3, -0.25) is 4.90 Å². The van der Waals surface area contributed by atoms with Crippen LogP contribution in [0.4, 0.5) is 0 Å². The van der Waals surface area contributed by atoms with Gasteiger partial charge in [0.15, 0.2) is 0 Å². The van der Waals surface area contributed by atoms with Crippen LogP contribution in [0.1, 0.15) is 51.5 Å². The third-order valence-corrected chi connectivity index (χ3v) is 4.53. The third kappa shape index (κ3) is 3.83. The number of benzene rings is 1. The summed E-state index contributed by atoms with van der Waals surface area (Å²) in [5.74, 6) is 1.25. The summed E-state index contributed by atoms with van der Waals surface area (Å²) in [6.45, 7) is 8.83. The van der Waals surface area contributed by atoms with E-state index in [4.69, 9.17) is 0 Å². The van der Waals surface area contributed by atoms with Crippen molar-refractivity contribution in [2.45, 2.75) is 58.1 Å². The molecule has 0 amide bonds. The van der Waals surface area contributed by atoms with Gasteiger partial charge in [-0.1, -0.05) is 51.1 Å². The maximum atomic E-state index is 10.4. The summed E-state index contributed by atoms with van der Waals surface area (Å²) in [6, 6.07) is 11.1. The predicted octanol–water partition coefficient (Wildman–Crippen LogP) is 3.66. The molecule has 3 unspecified atom stereocenters. The zero-order chi connectivity index (χ0) is 14.5. The van der Waals surface area contributed by atoms with Gasteiger partial charge in [-0.05, 0) is 43.2 Å². The molecule has 0 radical (unpaired) electrons. The van der Waals surface area contributed by atoms with Crippen molar-refractivity contribution in [3.05, 3.63) is 35.9 Å². The second-order valence-electron chi connectivity index (χ2n) is 6.54. The molecule has 1 aliphatic carbocycles. The molecule has 1 aromatic rings. The first-order chi connectivity index (χ1) is 9.61. The van der Waals surface area contributed by atoms with Gasteiger partial charge in [0.2, 0.25) is 0 Å². The molecular weight excluding hydrogens is 246 g/mol. The molecule has 3 atom stereocenters. The second kappa shape index (κ2) is 7.24. The zero-order valence-corrected chi connectivity index (χ0v) is 13.1. The highest BCUT2D eigenvalue weighted by atomic mass is 16.3. The lowest BCUT2D eigenvalue weighted by Gasteiger charge is -2.41. The number of hydrogen-bond donors (Lipinski definition) is 1. The van der Waals surface area contributed by atoms with E-state index in [0.717, 1.165) is 32.4 Å². The molecule has 0 heterocycles. The van der Waals surface area contributed by atoms with E-state index in [1.807, 2.05) is 0 Å².